The molecule has 0 fully saturated rings. The van der Waals surface area contributed by atoms with Crippen LogP contribution in [0.2, 0.25) is 0 Å². The van der Waals surface area contributed by atoms with Gasteiger partial charge in [-0.1, -0.05) is 17.7 Å². The van der Waals surface area contributed by atoms with Gasteiger partial charge in [0.15, 0.2) is 6.61 Å². The van der Waals surface area contributed by atoms with Crippen LogP contribution in [0.1, 0.15) is 22.3 Å². The maximum absolute atomic E-state index is 12.4. The van der Waals surface area contributed by atoms with Gasteiger partial charge >= 0.3 is 5.97 Å². The minimum Gasteiger partial charge on any atom is -0.452 e. The Kier molecular flexibility index (Phi) is 6.03. The summed E-state index contributed by atoms with van der Waals surface area (Å²) in [6.45, 7) is 1.79. The summed E-state index contributed by atoms with van der Waals surface area (Å²) in [6, 6.07) is 12.5. The number of hydrogen-bond donors (Lipinski definition) is 0. The monoisotopic (exact) mass is 323 g/mol. The second-order valence-corrected chi connectivity index (χ2v) is 5.11. The van der Waals surface area contributed by atoms with Gasteiger partial charge in [-0.15, -0.1) is 0 Å². The number of pyridine rings is 1. The van der Waals surface area contributed by atoms with Crippen LogP contribution in [0.15, 0.2) is 48.8 Å². The summed E-state index contributed by atoms with van der Waals surface area (Å²) in [5, 5.41) is 8.77. The molecule has 0 spiro atoms. The van der Waals surface area contributed by atoms with E-state index in [1.165, 1.54) is 11.1 Å². The predicted octanol–water partition coefficient (Wildman–Crippen LogP) is 2.49. The van der Waals surface area contributed by atoms with Gasteiger partial charge in [0.25, 0.3) is 5.91 Å². The lowest BCUT2D eigenvalue weighted by molar-refractivity contribution is -0.121. The van der Waals surface area contributed by atoms with Crippen LogP contribution in [-0.2, 0) is 9.53 Å². The molecule has 0 radical (unpaired) electrons. The van der Waals surface area contributed by atoms with Gasteiger partial charge in [0.05, 0.1) is 18.1 Å². The van der Waals surface area contributed by atoms with Gasteiger partial charge in [0.1, 0.15) is 0 Å². The van der Waals surface area contributed by atoms with E-state index < -0.39 is 12.6 Å². The van der Waals surface area contributed by atoms with Gasteiger partial charge in [-0.2, -0.15) is 5.26 Å². The Balaban J connectivity index is 2.03. The van der Waals surface area contributed by atoms with Crippen molar-refractivity contribution >= 4 is 17.6 Å². The SMILES string of the molecule is Cc1ccc(N(CCC#N)C(=O)COC(=O)c2cccnc2)cc1. The van der Waals surface area contributed by atoms with E-state index in [4.69, 9.17) is 10.00 Å². The molecule has 2 aromatic rings. The van der Waals surface area contributed by atoms with Gasteiger partial charge < -0.3 is 9.64 Å². The number of carbonyl (C=O) groups is 2. The predicted molar refractivity (Wildman–Crippen MR) is 88.3 cm³/mol. The zero-order valence-electron chi connectivity index (χ0n) is 13.3. The summed E-state index contributed by atoms with van der Waals surface area (Å²) in [6.07, 6.45) is 3.11. The van der Waals surface area contributed by atoms with Crippen molar-refractivity contribution in [2.24, 2.45) is 0 Å². The number of benzene rings is 1. The van der Waals surface area contributed by atoms with Crippen molar-refractivity contribution in [3.8, 4) is 6.07 Å². The summed E-state index contributed by atoms with van der Waals surface area (Å²) in [5.74, 6) is -0.994. The lowest BCUT2D eigenvalue weighted by Gasteiger charge is -2.21. The number of rotatable bonds is 6. The normalized spacial score (nSPS) is 9.83. The highest BCUT2D eigenvalue weighted by atomic mass is 16.5. The number of anilines is 1. The molecule has 0 bridgehead atoms. The first-order valence-corrected chi connectivity index (χ1v) is 7.43. The molecule has 1 aromatic carbocycles. The molecule has 0 aliphatic heterocycles. The highest BCUT2D eigenvalue weighted by Crippen LogP contribution is 2.16. The van der Waals surface area contributed by atoms with Gasteiger partial charge in [-0.3, -0.25) is 9.78 Å². The Bertz CT molecular complexity index is 736. The van der Waals surface area contributed by atoms with Crippen molar-refractivity contribution in [3.63, 3.8) is 0 Å². The third-order valence-corrected chi connectivity index (χ3v) is 3.32. The van der Waals surface area contributed by atoms with Gasteiger partial charge in [0, 0.05) is 24.6 Å². The molecule has 0 aliphatic rings. The fraction of sp³-hybridized carbons (Fsp3) is 0.222. The number of amides is 1. The maximum atomic E-state index is 12.4. The summed E-state index contributed by atoms with van der Waals surface area (Å²) in [7, 11) is 0. The van der Waals surface area contributed by atoms with Crippen LogP contribution in [0, 0.1) is 18.3 Å². The zero-order valence-corrected chi connectivity index (χ0v) is 13.3. The topological polar surface area (TPSA) is 83.3 Å². The molecule has 0 N–H and O–H groups in total. The first-order valence-electron chi connectivity index (χ1n) is 7.43. The average molecular weight is 323 g/mol. The zero-order chi connectivity index (χ0) is 17.4. The average Bonchev–Trinajstić information content (AvgIpc) is 2.62. The Morgan fingerprint density at radius 1 is 1.25 bits per heavy atom. The van der Waals surface area contributed by atoms with Gasteiger partial charge in [-0.25, -0.2) is 4.79 Å². The van der Waals surface area contributed by atoms with Crippen LogP contribution in [-0.4, -0.2) is 30.0 Å². The number of esters is 1. The number of hydrogen-bond acceptors (Lipinski definition) is 5. The van der Waals surface area contributed by atoms with E-state index >= 15 is 0 Å². The molecule has 1 amide bonds. The van der Waals surface area contributed by atoms with Crippen molar-refractivity contribution in [1.29, 1.82) is 5.26 Å². The van der Waals surface area contributed by atoms with E-state index in [1.807, 2.05) is 25.1 Å². The fourth-order valence-electron chi connectivity index (χ4n) is 2.06. The number of aromatic nitrogens is 1. The number of carbonyl (C=O) groups excluding carboxylic acids is 2. The van der Waals surface area contributed by atoms with Crippen molar-refractivity contribution in [3.05, 3.63) is 59.9 Å². The molecule has 0 saturated carbocycles. The third-order valence-electron chi connectivity index (χ3n) is 3.32. The molecule has 24 heavy (non-hydrogen) atoms. The summed E-state index contributed by atoms with van der Waals surface area (Å²) in [4.78, 5) is 29.6. The van der Waals surface area contributed by atoms with Crippen molar-refractivity contribution in [2.75, 3.05) is 18.1 Å². The minimum atomic E-state index is -0.611. The summed E-state index contributed by atoms with van der Waals surface area (Å²) in [5.41, 5.74) is 2.01. The molecule has 0 unspecified atom stereocenters. The van der Waals surface area contributed by atoms with Crippen LogP contribution in [0.25, 0.3) is 0 Å². The largest absolute Gasteiger partial charge is 0.452 e. The van der Waals surface area contributed by atoms with E-state index in [0.29, 0.717) is 5.69 Å². The standard InChI is InChI=1S/C18H17N3O3/c1-14-5-7-16(8-6-14)21(11-3-9-19)17(22)13-24-18(23)15-4-2-10-20-12-15/h2,4-8,10,12H,3,11,13H2,1H3. The van der Waals surface area contributed by atoms with Crippen LogP contribution >= 0.6 is 0 Å². The van der Waals surface area contributed by atoms with E-state index in [1.54, 1.807) is 30.5 Å². The molecule has 6 heteroatoms. The summed E-state index contributed by atoms with van der Waals surface area (Å²) < 4.78 is 5.04. The third kappa shape index (κ3) is 4.65. The van der Waals surface area contributed by atoms with Crippen LogP contribution in [0.5, 0.6) is 0 Å². The summed E-state index contributed by atoms with van der Waals surface area (Å²) >= 11 is 0. The Labute approximate surface area is 140 Å². The van der Waals surface area contributed by atoms with Gasteiger partial charge in [-0.05, 0) is 31.2 Å². The molecule has 1 heterocycles. The molecule has 0 atom stereocenters. The molecule has 1 aromatic heterocycles. The van der Waals surface area contributed by atoms with E-state index in [2.05, 4.69) is 4.98 Å². The first kappa shape index (κ1) is 17.2. The molecule has 2 rings (SSSR count). The Hall–Kier alpha value is -3.20. The van der Waals surface area contributed by atoms with E-state index in [-0.39, 0.29) is 24.4 Å². The van der Waals surface area contributed by atoms with Crippen LogP contribution < -0.4 is 4.90 Å². The quantitative estimate of drug-likeness (QED) is 0.763. The maximum Gasteiger partial charge on any atom is 0.340 e. The smallest absolute Gasteiger partial charge is 0.340 e. The number of ether oxygens (including phenoxy) is 1. The van der Waals surface area contributed by atoms with Crippen LogP contribution in [0.4, 0.5) is 5.69 Å². The fourth-order valence-corrected chi connectivity index (χ4v) is 2.06. The molecule has 122 valence electrons. The van der Waals surface area contributed by atoms with E-state index in [0.717, 1.165) is 5.56 Å². The lowest BCUT2D eigenvalue weighted by Crippen LogP contribution is -2.35. The number of aryl methyl sites for hydroxylation is 1. The van der Waals surface area contributed by atoms with Crippen molar-refractivity contribution in [1.82, 2.24) is 4.98 Å². The highest BCUT2D eigenvalue weighted by Gasteiger charge is 2.18. The Morgan fingerprint density at radius 3 is 2.62 bits per heavy atom. The molecule has 6 nitrogen and oxygen atoms in total. The van der Waals surface area contributed by atoms with Crippen molar-refractivity contribution < 1.29 is 14.3 Å². The molecule has 0 saturated heterocycles. The second-order valence-electron chi connectivity index (χ2n) is 5.11. The molecular weight excluding hydrogens is 306 g/mol. The number of nitriles is 1. The second kappa shape index (κ2) is 8.44. The Morgan fingerprint density at radius 2 is 2.00 bits per heavy atom. The first-order chi connectivity index (χ1) is 11.6. The molecule has 0 aliphatic carbocycles. The number of nitrogens with zero attached hydrogens (tertiary/aromatic N) is 3. The van der Waals surface area contributed by atoms with Crippen LogP contribution in [0.3, 0.4) is 0 Å². The van der Waals surface area contributed by atoms with Gasteiger partial charge in [0.2, 0.25) is 0 Å². The minimum absolute atomic E-state index is 0.191. The lowest BCUT2D eigenvalue weighted by atomic mass is 10.2. The highest BCUT2D eigenvalue weighted by molar-refractivity contribution is 5.97. The van der Waals surface area contributed by atoms with Crippen molar-refractivity contribution in [2.45, 2.75) is 13.3 Å². The molecular formula is C18H17N3O3. The van der Waals surface area contributed by atoms with E-state index in [9.17, 15) is 9.59 Å².